The van der Waals surface area contributed by atoms with Gasteiger partial charge >= 0.3 is 5.97 Å². The quantitative estimate of drug-likeness (QED) is 0.210. The first kappa shape index (κ1) is 31.5. The van der Waals surface area contributed by atoms with E-state index in [9.17, 15) is 32.7 Å². The summed E-state index contributed by atoms with van der Waals surface area (Å²) in [6, 6.07) is 7.12. The molecule has 3 rings (SSSR count). The van der Waals surface area contributed by atoms with Crippen LogP contribution in [0.15, 0.2) is 52.0 Å². The molecule has 1 aromatic carbocycles. The van der Waals surface area contributed by atoms with E-state index in [0.717, 1.165) is 16.4 Å². The average molecular weight is 607 g/mol. The molecule has 41 heavy (non-hydrogen) atoms. The molecule has 2 aromatic heterocycles. The first-order valence-electron chi connectivity index (χ1n) is 12.4. The summed E-state index contributed by atoms with van der Waals surface area (Å²) in [7, 11) is -3.37. The molecule has 3 N–H and O–H groups in total. The first-order valence-corrected chi connectivity index (χ1v) is 15.6. The Hall–Kier alpha value is -4.05. The summed E-state index contributed by atoms with van der Waals surface area (Å²) >= 11 is 1.31. The topological polar surface area (TPSA) is 203 Å². The monoisotopic (exact) mass is 606 g/mol. The number of carbonyl (C=O) groups excluding carboxylic acids is 2. The highest BCUT2D eigenvalue weighted by Gasteiger charge is 2.28. The molecule has 2 heterocycles. The Kier molecular flexibility index (Phi) is 11.2. The number of hydrogen-bond donors (Lipinski definition) is 3. The molecule has 0 saturated carbocycles. The summed E-state index contributed by atoms with van der Waals surface area (Å²) in [5.41, 5.74) is 0.343. The number of aliphatic carboxylic acids is 1. The number of anilines is 1. The maximum atomic E-state index is 13.2. The predicted octanol–water partition coefficient (Wildman–Crippen LogP) is 1.20. The van der Waals surface area contributed by atoms with Gasteiger partial charge in [-0.2, -0.15) is 4.98 Å². The van der Waals surface area contributed by atoms with Gasteiger partial charge < -0.3 is 20.3 Å². The molecule has 3 aromatic rings. The molecule has 1 amide bonds. The van der Waals surface area contributed by atoms with E-state index in [4.69, 9.17) is 4.52 Å². The molecule has 0 radical (unpaired) electrons. The number of sulfone groups is 1. The van der Waals surface area contributed by atoms with Crippen LogP contribution >= 0.6 is 11.8 Å². The van der Waals surface area contributed by atoms with E-state index in [0.29, 0.717) is 5.75 Å². The van der Waals surface area contributed by atoms with E-state index in [1.165, 1.54) is 24.2 Å². The number of thioether (sulfide) groups is 1. The van der Waals surface area contributed by atoms with E-state index in [1.807, 2.05) is 30.3 Å². The van der Waals surface area contributed by atoms with Crippen molar-refractivity contribution in [1.29, 1.82) is 0 Å². The molecule has 220 valence electrons. The Labute approximate surface area is 239 Å². The molecule has 0 fully saturated rings. The van der Waals surface area contributed by atoms with E-state index in [1.54, 1.807) is 6.92 Å². The lowest BCUT2D eigenvalue weighted by molar-refractivity contribution is -0.140. The number of amides is 1. The third-order valence-electron chi connectivity index (χ3n) is 5.64. The Balaban J connectivity index is 1.67. The average Bonchev–Trinajstić information content (AvgIpc) is 3.34. The highest BCUT2D eigenvalue weighted by molar-refractivity contribution is 7.99. The van der Waals surface area contributed by atoms with Crippen LogP contribution in [0.25, 0.3) is 0 Å². The van der Waals surface area contributed by atoms with Gasteiger partial charge in [0.1, 0.15) is 11.8 Å². The zero-order valence-electron chi connectivity index (χ0n) is 22.3. The van der Waals surface area contributed by atoms with Crippen molar-refractivity contribution in [1.82, 2.24) is 25.0 Å². The number of rotatable bonds is 16. The smallest absolute Gasteiger partial charge is 0.305 e. The second-order valence-electron chi connectivity index (χ2n) is 9.04. The molecule has 0 aliphatic carbocycles. The van der Waals surface area contributed by atoms with Gasteiger partial charge in [0.25, 0.3) is 5.56 Å². The highest BCUT2D eigenvalue weighted by atomic mass is 32.2. The van der Waals surface area contributed by atoms with Crippen LogP contribution in [0.3, 0.4) is 0 Å². The number of hydrogen-bond acceptors (Lipinski definition) is 12. The molecule has 0 aliphatic heterocycles. The second kappa shape index (κ2) is 14.5. The van der Waals surface area contributed by atoms with Crippen molar-refractivity contribution in [3.05, 3.63) is 70.4 Å². The molecule has 14 nitrogen and oxygen atoms in total. The van der Waals surface area contributed by atoms with Crippen molar-refractivity contribution in [3.63, 3.8) is 0 Å². The fourth-order valence-electron chi connectivity index (χ4n) is 3.75. The van der Waals surface area contributed by atoms with Gasteiger partial charge in [-0.25, -0.2) is 13.4 Å². The lowest BCUT2D eigenvalue weighted by Gasteiger charge is -2.22. The molecule has 0 saturated heterocycles. The Morgan fingerprint density at radius 3 is 2.59 bits per heavy atom. The standard InChI is InChI=1S/C25H30N6O8S2/c1-3-18(24(35)28-17(11-22(33)34)19(32)14-40-13-16-7-5-4-6-8-16)31-10-9-26-23(25(31)36)27-12-21-29-20(30-39-21)15-41(2,37)38/h4-10,17-18H,3,11-15H2,1-2H3,(H,26,27)(H,28,35)(H,33,34). The molecule has 2 atom stereocenters. The van der Waals surface area contributed by atoms with Gasteiger partial charge in [0.15, 0.2) is 27.3 Å². The number of nitrogens with one attached hydrogen (secondary N) is 2. The summed E-state index contributed by atoms with van der Waals surface area (Å²) in [5.74, 6) is -2.42. The highest BCUT2D eigenvalue weighted by Crippen LogP contribution is 2.15. The third-order valence-corrected chi connectivity index (χ3v) is 7.45. The number of benzene rings is 1. The Bertz CT molecular complexity index is 1520. The Morgan fingerprint density at radius 1 is 1.20 bits per heavy atom. The zero-order chi connectivity index (χ0) is 30.0. The summed E-state index contributed by atoms with van der Waals surface area (Å²) in [6.07, 6.45) is 3.19. The molecule has 16 heteroatoms. The van der Waals surface area contributed by atoms with Crippen molar-refractivity contribution in [2.75, 3.05) is 17.3 Å². The van der Waals surface area contributed by atoms with Crippen LogP contribution in [0.4, 0.5) is 5.82 Å². The summed E-state index contributed by atoms with van der Waals surface area (Å²) in [6.45, 7) is 1.53. The maximum absolute atomic E-state index is 13.2. The molecule has 0 bridgehead atoms. The number of Topliss-reactive ketones (excluding diaryl/α,β-unsaturated/α-hetero) is 1. The third kappa shape index (κ3) is 9.82. The van der Waals surface area contributed by atoms with Crippen LogP contribution in [-0.4, -0.2) is 68.9 Å². The van der Waals surface area contributed by atoms with Crippen LogP contribution < -0.4 is 16.2 Å². The SMILES string of the molecule is CCC(C(=O)NC(CC(=O)O)C(=O)CSCc1ccccc1)n1ccnc(NCc2nc(CS(C)(=O)=O)no2)c1=O. The van der Waals surface area contributed by atoms with E-state index >= 15 is 0 Å². The van der Waals surface area contributed by atoms with Crippen LogP contribution in [-0.2, 0) is 42.3 Å². The largest absolute Gasteiger partial charge is 0.481 e. The van der Waals surface area contributed by atoms with Gasteiger partial charge in [-0.1, -0.05) is 42.4 Å². The lowest BCUT2D eigenvalue weighted by atomic mass is 10.1. The van der Waals surface area contributed by atoms with Crippen LogP contribution in [0.1, 0.15) is 43.1 Å². The van der Waals surface area contributed by atoms with Crippen molar-refractivity contribution < 1.29 is 32.4 Å². The number of ketones is 1. The predicted molar refractivity (Wildman–Crippen MR) is 150 cm³/mol. The van der Waals surface area contributed by atoms with Gasteiger partial charge in [0.2, 0.25) is 11.8 Å². The number of nitrogens with zero attached hydrogens (tertiary/aromatic N) is 4. The van der Waals surface area contributed by atoms with E-state index < -0.39 is 57.3 Å². The van der Waals surface area contributed by atoms with Crippen LogP contribution in [0, 0.1) is 0 Å². The number of aromatic nitrogens is 4. The fourth-order valence-corrected chi connectivity index (χ4v) is 5.27. The van der Waals surface area contributed by atoms with Crippen molar-refractivity contribution in [3.8, 4) is 0 Å². The normalized spacial score (nSPS) is 12.8. The molecular weight excluding hydrogens is 576 g/mol. The van der Waals surface area contributed by atoms with Crippen LogP contribution in [0.2, 0.25) is 0 Å². The number of carboxylic acids is 1. The number of carboxylic acid groups (broad SMARTS) is 1. The van der Waals surface area contributed by atoms with Gasteiger partial charge in [-0.05, 0) is 12.0 Å². The first-order chi connectivity index (χ1) is 19.5. The minimum absolute atomic E-state index is 0.00520. The second-order valence-corrected chi connectivity index (χ2v) is 12.2. The maximum Gasteiger partial charge on any atom is 0.305 e. The molecule has 0 aliphatic rings. The summed E-state index contributed by atoms with van der Waals surface area (Å²) < 4.78 is 28.9. The van der Waals surface area contributed by atoms with Crippen LogP contribution in [0.5, 0.6) is 0 Å². The van der Waals surface area contributed by atoms with Gasteiger partial charge in [0, 0.05) is 24.4 Å². The minimum Gasteiger partial charge on any atom is -0.481 e. The van der Waals surface area contributed by atoms with Crippen molar-refractivity contribution in [2.24, 2.45) is 0 Å². The van der Waals surface area contributed by atoms with Crippen molar-refractivity contribution >= 4 is 45.1 Å². The molecular formula is C25H30N6O8S2. The van der Waals surface area contributed by atoms with Gasteiger partial charge in [0.05, 0.1) is 24.8 Å². The van der Waals surface area contributed by atoms with Crippen molar-refractivity contribution in [2.45, 2.75) is 49.9 Å². The van der Waals surface area contributed by atoms with E-state index in [2.05, 4.69) is 25.8 Å². The lowest BCUT2D eigenvalue weighted by Crippen LogP contribution is -2.47. The molecule has 0 spiro atoms. The van der Waals surface area contributed by atoms with E-state index in [-0.39, 0.29) is 36.3 Å². The Morgan fingerprint density at radius 2 is 1.93 bits per heavy atom. The minimum atomic E-state index is -3.37. The van der Waals surface area contributed by atoms with Gasteiger partial charge in [-0.3, -0.25) is 23.7 Å². The summed E-state index contributed by atoms with van der Waals surface area (Å²) in [5, 5.41) is 18.1. The number of carbonyl (C=O) groups is 3. The zero-order valence-corrected chi connectivity index (χ0v) is 24.0. The fraction of sp³-hybridized carbons (Fsp3) is 0.400. The van der Waals surface area contributed by atoms with Gasteiger partial charge in [-0.15, -0.1) is 11.8 Å². The molecule has 2 unspecified atom stereocenters. The summed E-state index contributed by atoms with van der Waals surface area (Å²) in [4.78, 5) is 58.5.